The maximum absolute atomic E-state index is 5.37. The van der Waals surface area contributed by atoms with Gasteiger partial charge in [-0.15, -0.1) is 0 Å². The number of unbranched alkanes of at least 4 members (excludes halogenated alkanes) is 1. The SMILES string of the molecule is CCCNCCCCNCCCN. The Bertz CT molecular complexity index is 76.2. The van der Waals surface area contributed by atoms with Crippen LogP contribution in [0.5, 0.6) is 0 Å². The van der Waals surface area contributed by atoms with Crippen LogP contribution in [0.15, 0.2) is 0 Å². The molecular formula is C10H25N3. The highest BCUT2D eigenvalue weighted by atomic mass is 14.9. The topological polar surface area (TPSA) is 50.1 Å². The number of nitrogens with two attached hydrogens (primary N) is 1. The van der Waals surface area contributed by atoms with E-state index in [1.807, 2.05) is 0 Å². The standard InChI is InChI=1S/C10H25N3/c1-2-7-12-8-3-4-9-13-10-5-6-11/h12-13H,2-11H2,1H3. The van der Waals surface area contributed by atoms with Crippen molar-refractivity contribution in [1.29, 1.82) is 0 Å². The molecule has 0 rings (SSSR count). The second kappa shape index (κ2) is 11.9. The van der Waals surface area contributed by atoms with Crippen LogP contribution in [0.4, 0.5) is 0 Å². The van der Waals surface area contributed by atoms with E-state index in [-0.39, 0.29) is 0 Å². The Labute approximate surface area is 82.5 Å². The van der Waals surface area contributed by atoms with Crippen LogP contribution in [0.2, 0.25) is 0 Å². The van der Waals surface area contributed by atoms with Crippen LogP contribution in [0.25, 0.3) is 0 Å². The summed E-state index contributed by atoms with van der Waals surface area (Å²) in [5.74, 6) is 0. The van der Waals surface area contributed by atoms with Crippen molar-refractivity contribution in [2.75, 3.05) is 32.7 Å². The molecule has 0 radical (unpaired) electrons. The van der Waals surface area contributed by atoms with Gasteiger partial charge in [0.25, 0.3) is 0 Å². The van der Waals surface area contributed by atoms with Crippen LogP contribution in [0.1, 0.15) is 32.6 Å². The maximum Gasteiger partial charge on any atom is -0.00369 e. The minimum Gasteiger partial charge on any atom is -0.330 e. The van der Waals surface area contributed by atoms with Crippen molar-refractivity contribution in [1.82, 2.24) is 10.6 Å². The third-order valence-electron chi connectivity index (χ3n) is 1.94. The van der Waals surface area contributed by atoms with E-state index in [1.165, 1.54) is 19.3 Å². The molecule has 4 N–H and O–H groups in total. The van der Waals surface area contributed by atoms with E-state index in [4.69, 9.17) is 5.73 Å². The van der Waals surface area contributed by atoms with Gasteiger partial charge in [-0.1, -0.05) is 6.92 Å². The summed E-state index contributed by atoms with van der Waals surface area (Å²) in [6.45, 7) is 7.51. The van der Waals surface area contributed by atoms with Crippen molar-refractivity contribution in [2.45, 2.75) is 32.6 Å². The first-order valence-electron chi connectivity index (χ1n) is 5.53. The van der Waals surface area contributed by atoms with E-state index < -0.39 is 0 Å². The van der Waals surface area contributed by atoms with Gasteiger partial charge in [0.05, 0.1) is 0 Å². The van der Waals surface area contributed by atoms with Gasteiger partial charge in [0.15, 0.2) is 0 Å². The summed E-state index contributed by atoms with van der Waals surface area (Å²) >= 11 is 0. The molecule has 0 aliphatic heterocycles. The molecule has 0 spiro atoms. The lowest BCUT2D eigenvalue weighted by atomic mass is 10.3. The van der Waals surface area contributed by atoms with Gasteiger partial charge >= 0.3 is 0 Å². The highest BCUT2D eigenvalue weighted by molar-refractivity contribution is 4.51. The summed E-state index contributed by atoms with van der Waals surface area (Å²) in [4.78, 5) is 0. The Morgan fingerprint density at radius 2 is 1.38 bits per heavy atom. The van der Waals surface area contributed by atoms with Crippen LogP contribution in [0, 0.1) is 0 Å². The van der Waals surface area contributed by atoms with Crippen LogP contribution < -0.4 is 16.4 Å². The second-order valence-corrected chi connectivity index (χ2v) is 3.35. The minimum atomic E-state index is 0.797. The van der Waals surface area contributed by atoms with Crippen molar-refractivity contribution in [3.05, 3.63) is 0 Å². The third-order valence-corrected chi connectivity index (χ3v) is 1.94. The predicted octanol–water partition coefficient (Wildman–Crippen LogP) is 0.705. The molecular weight excluding hydrogens is 162 g/mol. The molecule has 0 heterocycles. The molecule has 0 amide bonds. The minimum absolute atomic E-state index is 0.797. The normalized spacial score (nSPS) is 10.6. The summed E-state index contributed by atoms with van der Waals surface area (Å²) in [7, 11) is 0. The number of nitrogens with one attached hydrogen (secondary N) is 2. The summed E-state index contributed by atoms with van der Waals surface area (Å²) in [6.07, 6.45) is 4.86. The molecule has 0 aromatic rings. The molecule has 3 heteroatoms. The molecule has 0 aromatic carbocycles. The number of rotatable bonds is 10. The van der Waals surface area contributed by atoms with Crippen LogP contribution >= 0.6 is 0 Å². The molecule has 0 saturated heterocycles. The summed E-state index contributed by atoms with van der Waals surface area (Å²) in [6, 6.07) is 0. The fraction of sp³-hybridized carbons (Fsp3) is 1.00. The molecule has 13 heavy (non-hydrogen) atoms. The molecule has 0 atom stereocenters. The van der Waals surface area contributed by atoms with E-state index in [1.54, 1.807) is 0 Å². The van der Waals surface area contributed by atoms with E-state index in [0.29, 0.717) is 0 Å². The van der Waals surface area contributed by atoms with Gasteiger partial charge in [0.1, 0.15) is 0 Å². The van der Waals surface area contributed by atoms with Crippen LogP contribution in [-0.4, -0.2) is 32.7 Å². The smallest absolute Gasteiger partial charge is 0.00369 e. The molecule has 0 bridgehead atoms. The van der Waals surface area contributed by atoms with Crippen molar-refractivity contribution >= 4 is 0 Å². The largest absolute Gasteiger partial charge is 0.330 e. The zero-order valence-corrected chi connectivity index (χ0v) is 8.94. The summed E-state index contributed by atoms with van der Waals surface area (Å²) < 4.78 is 0. The maximum atomic E-state index is 5.37. The van der Waals surface area contributed by atoms with E-state index >= 15 is 0 Å². The quantitative estimate of drug-likeness (QED) is 0.441. The molecule has 0 aliphatic carbocycles. The molecule has 0 aromatic heterocycles. The van der Waals surface area contributed by atoms with Crippen molar-refractivity contribution < 1.29 is 0 Å². The number of hydrogen-bond donors (Lipinski definition) is 3. The van der Waals surface area contributed by atoms with E-state index in [0.717, 1.165) is 39.1 Å². The van der Waals surface area contributed by atoms with Gasteiger partial charge < -0.3 is 16.4 Å². The lowest BCUT2D eigenvalue weighted by Gasteiger charge is -2.04. The highest BCUT2D eigenvalue weighted by Gasteiger charge is 1.88. The second-order valence-electron chi connectivity index (χ2n) is 3.35. The Balaban J connectivity index is 2.76. The Morgan fingerprint density at radius 3 is 1.92 bits per heavy atom. The van der Waals surface area contributed by atoms with E-state index in [2.05, 4.69) is 17.6 Å². The average Bonchev–Trinajstić information content (AvgIpc) is 2.16. The third kappa shape index (κ3) is 11.9. The predicted molar refractivity (Wildman–Crippen MR) is 58.9 cm³/mol. The Kier molecular flexibility index (Phi) is 11.8. The molecule has 0 unspecified atom stereocenters. The van der Waals surface area contributed by atoms with Crippen LogP contribution in [-0.2, 0) is 0 Å². The van der Waals surface area contributed by atoms with Gasteiger partial charge in [0.2, 0.25) is 0 Å². The van der Waals surface area contributed by atoms with Crippen molar-refractivity contribution in [3.63, 3.8) is 0 Å². The van der Waals surface area contributed by atoms with Crippen molar-refractivity contribution in [3.8, 4) is 0 Å². The highest BCUT2D eigenvalue weighted by Crippen LogP contribution is 1.84. The van der Waals surface area contributed by atoms with Gasteiger partial charge in [-0.05, 0) is 58.4 Å². The molecule has 80 valence electrons. The summed E-state index contributed by atoms with van der Waals surface area (Å²) in [5, 5.41) is 6.76. The first-order valence-corrected chi connectivity index (χ1v) is 5.53. The first-order chi connectivity index (χ1) is 6.41. The summed E-state index contributed by atoms with van der Waals surface area (Å²) in [5.41, 5.74) is 5.37. The number of hydrogen-bond acceptors (Lipinski definition) is 3. The Morgan fingerprint density at radius 1 is 0.846 bits per heavy atom. The fourth-order valence-corrected chi connectivity index (χ4v) is 1.15. The van der Waals surface area contributed by atoms with E-state index in [9.17, 15) is 0 Å². The first kappa shape index (κ1) is 12.9. The molecule has 3 nitrogen and oxygen atoms in total. The zero-order chi connectivity index (χ0) is 9.78. The monoisotopic (exact) mass is 187 g/mol. The molecule has 0 fully saturated rings. The van der Waals surface area contributed by atoms with Gasteiger partial charge in [-0.3, -0.25) is 0 Å². The average molecular weight is 187 g/mol. The zero-order valence-electron chi connectivity index (χ0n) is 8.94. The molecule has 0 aliphatic rings. The Hall–Kier alpha value is -0.120. The molecule has 0 saturated carbocycles. The van der Waals surface area contributed by atoms with Crippen LogP contribution in [0.3, 0.4) is 0 Å². The fourth-order valence-electron chi connectivity index (χ4n) is 1.15. The van der Waals surface area contributed by atoms with Crippen molar-refractivity contribution in [2.24, 2.45) is 5.73 Å². The van der Waals surface area contributed by atoms with Gasteiger partial charge in [-0.2, -0.15) is 0 Å². The lowest BCUT2D eigenvalue weighted by Crippen LogP contribution is -2.21. The van der Waals surface area contributed by atoms with Gasteiger partial charge in [-0.25, -0.2) is 0 Å². The lowest BCUT2D eigenvalue weighted by molar-refractivity contribution is 0.574. The van der Waals surface area contributed by atoms with Gasteiger partial charge in [0, 0.05) is 0 Å².